The highest BCUT2D eigenvalue weighted by Gasteiger charge is 2.31. The van der Waals surface area contributed by atoms with Crippen LogP contribution in [0.25, 0.3) is 22.9 Å². The van der Waals surface area contributed by atoms with Gasteiger partial charge < -0.3 is 4.42 Å². The number of halogens is 1. The topological polar surface area (TPSA) is 26.0 Å². The van der Waals surface area contributed by atoms with Crippen molar-refractivity contribution in [3.8, 4) is 22.9 Å². The third kappa shape index (κ3) is 3.10. The summed E-state index contributed by atoms with van der Waals surface area (Å²) < 4.78 is 5.23. The lowest BCUT2D eigenvalue weighted by Crippen LogP contribution is -1.77. The molecular weight excluding hydrogens is 234 g/mol. The molecule has 0 atom stereocenters. The van der Waals surface area contributed by atoms with Gasteiger partial charge in [0.1, 0.15) is 0 Å². The van der Waals surface area contributed by atoms with E-state index in [1.807, 2.05) is 30.3 Å². The van der Waals surface area contributed by atoms with Gasteiger partial charge in [-0.3, -0.25) is 0 Å². The van der Waals surface area contributed by atoms with E-state index in [0.717, 1.165) is 28.8 Å². The summed E-state index contributed by atoms with van der Waals surface area (Å²) in [6, 6.07) is 10.0. The summed E-state index contributed by atoms with van der Waals surface area (Å²) in [6.45, 7) is 2.17. The summed E-state index contributed by atoms with van der Waals surface area (Å²) in [5.74, 6) is 2.58. The normalized spacial score (nSPS) is 10.7. The molecular formula is C14H16ClNO. The van der Waals surface area contributed by atoms with Crippen LogP contribution in [-0.2, 0) is 0 Å². The molecule has 3 heteroatoms. The van der Waals surface area contributed by atoms with E-state index >= 15 is 0 Å². The van der Waals surface area contributed by atoms with Crippen LogP contribution in [0.5, 0.6) is 0 Å². The van der Waals surface area contributed by atoms with Crippen molar-refractivity contribution in [3.63, 3.8) is 0 Å². The second-order valence-corrected chi connectivity index (χ2v) is 4.34. The fourth-order valence-corrected chi connectivity index (χ4v) is 1.71. The second kappa shape index (κ2) is 5.87. The van der Waals surface area contributed by atoms with Crippen LogP contribution in [0.3, 0.4) is 0 Å². The molecule has 0 spiro atoms. The third-order valence-electron chi connectivity index (χ3n) is 2.55. The third-order valence-corrected chi connectivity index (χ3v) is 2.82. The van der Waals surface area contributed by atoms with Crippen molar-refractivity contribution in [1.82, 2.24) is 4.98 Å². The van der Waals surface area contributed by atoms with Crippen molar-refractivity contribution >= 4 is 11.6 Å². The number of hydrogen-bond acceptors (Lipinski definition) is 2. The Morgan fingerprint density at radius 3 is 2.35 bits per heavy atom. The van der Waals surface area contributed by atoms with Gasteiger partial charge in [0.25, 0.3) is 5.89 Å². The molecule has 0 unspecified atom stereocenters. The Labute approximate surface area is 107 Å². The molecule has 0 fully saturated rings. The zero-order valence-electron chi connectivity index (χ0n) is 9.95. The molecule has 2 aliphatic rings. The molecule has 0 saturated carbocycles. The van der Waals surface area contributed by atoms with Gasteiger partial charge in [0.2, 0.25) is 0 Å². The zero-order chi connectivity index (χ0) is 12.1. The average Bonchev–Trinajstić information content (AvgIpc) is 2.99. The summed E-state index contributed by atoms with van der Waals surface area (Å²) in [7, 11) is 0. The molecule has 0 saturated heterocycles. The number of oxazole rings is 1. The lowest BCUT2D eigenvalue weighted by molar-refractivity contribution is 0.570. The molecule has 2 aliphatic heterocycles. The molecule has 1 aromatic rings. The van der Waals surface area contributed by atoms with Crippen LogP contribution in [0, 0.1) is 0 Å². The lowest BCUT2D eigenvalue weighted by atomic mass is 10.1. The van der Waals surface area contributed by atoms with Crippen LogP contribution in [-0.4, -0.2) is 10.9 Å². The van der Waals surface area contributed by atoms with Crippen molar-refractivity contribution in [2.75, 3.05) is 5.88 Å². The molecule has 2 heterocycles. The first kappa shape index (κ1) is 12.2. The van der Waals surface area contributed by atoms with E-state index in [-0.39, 0.29) is 0 Å². The Morgan fingerprint density at radius 1 is 1.18 bits per heavy atom. The van der Waals surface area contributed by atoms with Crippen molar-refractivity contribution in [2.45, 2.75) is 26.2 Å². The predicted molar refractivity (Wildman–Crippen MR) is 71.2 cm³/mol. The van der Waals surface area contributed by atoms with E-state index in [0.29, 0.717) is 0 Å². The van der Waals surface area contributed by atoms with E-state index in [2.05, 4.69) is 11.9 Å². The number of rotatable bonds is 4. The molecule has 0 aromatic heterocycles. The van der Waals surface area contributed by atoms with E-state index in [1.54, 1.807) is 0 Å². The van der Waals surface area contributed by atoms with Gasteiger partial charge in [-0.25, -0.2) is 4.98 Å². The van der Waals surface area contributed by atoms with Crippen molar-refractivity contribution in [1.29, 1.82) is 0 Å². The molecule has 2 nitrogen and oxygen atoms in total. The van der Waals surface area contributed by atoms with Crippen molar-refractivity contribution < 1.29 is 4.42 Å². The lowest BCUT2D eigenvalue weighted by Gasteiger charge is -1.99. The minimum absolute atomic E-state index is 0.823. The van der Waals surface area contributed by atoms with Crippen molar-refractivity contribution in [3.05, 3.63) is 30.3 Å². The predicted octanol–water partition coefficient (Wildman–Crippen LogP) is 4.74. The molecule has 0 N–H and O–H groups in total. The van der Waals surface area contributed by atoms with Crippen LogP contribution in [0.1, 0.15) is 26.2 Å². The Kier molecular flexibility index (Phi) is 4.21. The van der Waals surface area contributed by atoms with Crippen LogP contribution < -0.4 is 0 Å². The molecule has 0 radical (unpaired) electrons. The van der Waals surface area contributed by atoms with E-state index in [1.165, 1.54) is 19.3 Å². The molecule has 17 heavy (non-hydrogen) atoms. The standard InChI is InChI=1S/C9H5NO.C5H11Cl/c1-2-4-6(5-3-1)8-7-9(10-7)11-8;1-2-3-4-5-6/h1-5H;2-5H2,1H3. The van der Waals surface area contributed by atoms with Gasteiger partial charge in [-0.15, -0.1) is 11.6 Å². The maximum atomic E-state index is 5.38. The van der Waals surface area contributed by atoms with Gasteiger partial charge in [-0.05, 0) is 6.42 Å². The number of aromatic nitrogens is 1. The maximum absolute atomic E-state index is 5.38. The highest BCUT2D eigenvalue weighted by molar-refractivity contribution is 6.17. The minimum atomic E-state index is 0.823. The SMILES string of the molecule is CCCCCCl.c1ccc(-c2oc3nc2-3)cc1. The van der Waals surface area contributed by atoms with Crippen LogP contribution in [0.15, 0.2) is 34.7 Å². The van der Waals surface area contributed by atoms with Crippen molar-refractivity contribution in [2.24, 2.45) is 0 Å². The first-order valence-electron chi connectivity index (χ1n) is 5.99. The van der Waals surface area contributed by atoms with Gasteiger partial charge in [-0.1, -0.05) is 50.1 Å². The number of alkyl halides is 1. The van der Waals surface area contributed by atoms with Gasteiger partial charge in [-0.2, -0.15) is 0 Å². The average molecular weight is 250 g/mol. The van der Waals surface area contributed by atoms with E-state index in [9.17, 15) is 0 Å². The molecule has 0 amide bonds. The number of benzene rings is 1. The van der Waals surface area contributed by atoms with Gasteiger partial charge in [0.15, 0.2) is 11.5 Å². The minimum Gasteiger partial charge on any atom is -0.434 e. The number of unbranched alkanes of at least 4 members (excludes halogenated alkanes) is 2. The smallest absolute Gasteiger partial charge is 0.250 e. The summed E-state index contributed by atoms with van der Waals surface area (Å²) in [6.07, 6.45) is 3.73. The monoisotopic (exact) mass is 249 g/mol. The summed E-state index contributed by atoms with van der Waals surface area (Å²) >= 11 is 5.38. The number of fused-ring (bicyclic) bond motifs is 1. The summed E-state index contributed by atoms with van der Waals surface area (Å²) in [5, 5.41) is 0. The quantitative estimate of drug-likeness (QED) is 0.493. The number of hydrogen-bond donors (Lipinski definition) is 0. The zero-order valence-corrected chi connectivity index (χ0v) is 10.7. The van der Waals surface area contributed by atoms with Crippen LogP contribution >= 0.6 is 11.6 Å². The molecule has 3 rings (SSSR count). The van der Waals surface area contributed by atoms with Gasteiger partial charge >= 0.3 is 0 Å². The highest BCUT2D eigenvalue weighted by Crippen LogP contribution is 2.43. The van der Waals surface area contributed by atoms with E-state index in [4.69, 9.17) is 16.0 Å². The highest BCUT2D eigenvalue weighted by atomic mass is 35.5. The van der Waals surface area contributed by atoms with Crippen LogP contribution in [0.4, 0.5) is 0 Å². The Balaban J connectivity index is 0.000000157. The molecule has 0 aliphatic carbocycles. The fourth-order valence-electron chi connectivity index (χ4n) is 1.52. The Bertz CT molecular complexity index is 460. The largest absolute Gasteiger partial charge is 0.434 e. The van der Waals surface area contributed by atoms with E-state index < -0.39 is 0 Å². The summed E-state index contributed by atoms with van der Waals surface area (Å²) in [4.78, 5) is 4.00. The molecule has 90 valence electrons. The first-order chi connectivity index (χ1) is 8.36. The second-order valence-electron chi connectivity index (χ2n) is 3.96. The van der Waals surface area contributed by atoms with Crippen LogP contribution in [0.2, 0.25) is 0 Å². The molecule has 1 aromatic carbocycles. The van der Waals surface area contributed by atoms with Gasteiger partial charge in [0.05, 0.1) is 0 Å². The maximum Gasteiger partial charge on any atom is 0.250 e. The Hall–Kier alpha value is -1.28. The Morgan fingerprint density at radius 2 is 1.94 bits per heavy atom. The number of nitrogens with zero attached hydrogens (tertiary/aromatic N) is 1. The first-order valence-corrected chi connectivity index (χ1v) is 6.53. The van der Waals surface area contributed by atoms with Gasteiger partial charge in [0, 0.05) is 11.4 Å². The molecule has 0 bridgehead atoms. The summed E-state index contributed by atoms with van der Waals surface area (Å²) in [5.41, 5.74) is 2.17. The fraction of sp³-hybridized carbons (Fsp3) is 0.357.